The normalized spacial score (nSPS) is 12.5. The summed E-state index contributed by atoms with van der Waals surface area (Å²) in [5, 5.41) is 0. The summed E-state index contributed by atoms with van der Waals surface area (Å²) in [6.07, 6.45) is 1.13. The van der Waals surface area contributed by atoms with Crippen molar-refractivity contribution in [3.8, 4) is 0 Å². The standard InChI is InChI=1S/C11H19N3O/c1-5-8(2)7-14(4)10-6-11(15)13-9(3)12-10/h6,8H,5,7H2,1-4H3,(H,12,13,15). The van der Waals surface area contributed by atoms with Crippen molar-refractivity contribution in [2.24, 2.45) is 5.92 Å². The largest absolute Gasteiger partial charge is 0.359 e. The van der Waals surface area contributed by atoms with Crippen molar-refractivity contribution in [3.63, 3.8) is 0 Å². The maximum atomic E-state index is 11.2. The maximum Gasteiger partial charge on any atom is 0.252 e. The molecule has 1 aromatic heterocycles. The van der Waals surface area contributed by atoms with Crippen molar-refractivity contribution in [2.75, 3.05) is 18.5 Å². The minimum Gasteiger partial charge on any atom is -0.359 e. The predicted molar refractivity (Wildman–Crippen MR) is 62.3 cm³/mol. The van der Waals surface area contributed by atoms with Gasteiger partial charge < -0.3 is 9.88 Å². The molecule has 15 heavy (non-hydrogen) atoms. The van der Waals surface area contributed by atoms with Crippen molar-refractivity contribution in [1.29, 1.82) is 0 Å². The van der Waals surface area contributed by atoms with Crippen LogP contribution in [0.5, 0.6) is 0 Å². The Bertz CT molecular complexity index is 372. The average Bonchev–Trinajstić information content (AvgIpc) is 2.16. The highest BCUT2D eigenvalue weighted by Crippen LogP contribution is 2.09. The van der Waals surface area contributed by atoms with Crippen LogP contribution in [0, 0.1) is 12.8 Å². The Hall–Kier alpha value is -1.32. The zero-order valence-corrected chi connectivity index (χ0v) is 9.87. The van der Waals surface area contributed by atoms with E-state index in [1.165, 1.54) is 6.07 Å². The van der Waals surface area contributed by atoms with Crippen LogP contribution in [0.4, 0.5) is 5.82 Å². The van der Waals surface area contributed by atoms with Crippen LogP contribution in [0.25, 0.3) is 0 Å². The van der Waals surface area contributed by atoms with Gasteiger partial charge in [-0.2, -0.15) is 0 Å². The van der Waals surface area contributed by atoms with Gasteiger partial charge in [0.2, 0.25) is 0 Å². The molecule has 0 fully saturated rings. The number of hydrogen-bond donors (Lipinski definition) is 1. The Morgan fingerprint density at radius 1 is 1.60 bits per heavy atom. The summed E-state index contributed by atoms with van der Waals surface area (Å²) in [7, 11) is 1.97. The number of nitrogens with one attached hydrogen (secondary N) is 1. The van der Waals surface area contributed by atoms with Gasteiger partial charge in [-0.15, -0.1) is 0 Å². The molecule has 1 unspecified atom stereocenters. The van der Waals surface area contributed by atoms with Crippen LogP contribution in [0.3, 0.4) is 0 Å². The molecule has 0 aromatic carbocycles. The van der Waals surface area contributed by atoms with E-state index in [1.54, 1.807) is 6.92 Å². The summed E-state index contributed by atoms with van der Waals surface area (Å²) in [5.74, 6) is 2.02. The van der Waals surface area contributed by atoms with Crippen LogP contribution < -0.4 is 10.5 Å². The van der Waals surface area contributed by atoms with Gasteiger partial charge in [0.05, 0.1) is 0 Å². The van der Waals surface area contributed by atoms with E-state index in [2.05, 4.69) is 23.8 Å². The number of nitrogens with zero attached hydrogens (tertiary/aromatic N) is 2. The van der Waals surface area contributed by atoms with Gasteiger partial charge >= 0.3 is 0 Å². The number of aryl methyl sites for hydroxylation is 1. The molecule has 4 heteroatoms. The van der Waals surface area contributed by atoms with Crippen LogP contribution in [-0.2, 0) is 0 Å². The van der Waals surface area contributed by atoms with Crippen molar-refractivity contribution >= 4 is 5.82 Å². The summed E-state index contributed by atoms with van der Waals surface area (Å²) in [6, 6.07) is 1.54. The Balaban J connectivity index is 2.81. The number of rotatable bonds is 4. The third-order valence-corrected chi connectivity index (χ3v) is 2.52. The number of aromatic nitrogens is 2. The van der Waals surface area contributed by atoms with Crippen LogP contribution >= 0.6 is 0 Å². The van der Waals surface area contributed by atoms with Gasteiger partial charge in [-0.05, 0) is 12.8 Å². The van der Waals surface area contributed by atoms with E-state index >= 15 is 0 Å². The number of hydrogen-bond acceptors (Lipinski definition) is 3. The van der Waals surface area contributed by atoms with Crippen LogP contribution in [0.2, 0.25) is 0 Å². The van der Waals surface area contributed by atoms with Gasteiger partial charge in [0, 0.05) is 19.7 Å². The second-order valence-electron chi connectivity index (χ2n) is 4.08. The summed E-state index contributed by atoms with van der Waals surface area (Å²) < 4.78 is 0. The second-order valence-corrected chi connectivity index (χ2v) is 4.08. The van der Waals surface area contributed by atoms with Crippen molar-refractivity contribution in [2.45, 2.75) is 27.2 Å². The highest BCUT2D eigenvalue weighted by molar-refractivity contribution is 5.36. The molecular formula is C11H19N3O. The number of anilines is 1. The summed E-state index contributed by atoms with van der Waals surface area (Å²) in [6.45, 7) is 7.07. The molecule has 0 radical (unpaired) electrons. The third kappa shape index (κ3) is 3.38. The lowest BCUT2D eigenvalue weighted by Gasteiger charge is -2.21. The van der Waals surface area contributed by atoms with Crippen molar-refractivity contribution in [3.05, 3.63) is 22.2 Å². The number of H-pyrrole nitrogens is 1. The first-order chi connectivity index (χ1) is 7.02. The Morgan fingerprint density at radius 3 is 2.80 bits per heavy atom. The molecule has 0 saturated carbocycles. The van der Waals surface area contributed by atoms with Gasteiger partial charge in [0.1, 0.15) is 11.6 Å². The van der Waals surface area contributed by atoms with Gasteiger partial charge in [-0.3, -0.25) is 4.79 Å². The average molecular weight is 209 g/mol. The molecule has 0 aliphatic rings. The molecule has 84 valence electrons. The summed E-state index contributed by atoms with van der Waals surface area (Å²) in [4.78, 5) is 20.2. The van der Waals surface area contributed by atoms with E-state index < -0.39 is 0 Å². The topological polar surface area (TPSA) is 49.0 Å². The Labute approximate surface area is 90.3 Å². The quantitative estimate of drug-likeness (QED) is 0.818. The smallest absolute Gasteiger partial charge is 0.252 e. The second kappa shape index (κ2) is 4.96. The molecule has 4 nitrogen and oxygen atoms in total. The first kappa shape index (κ1) is 11.8. The summed E-state index contributed by atoms with van der Waals surface area (Å²) in [5.41, 5.74) is -0.0894. The monoisotopic (exact) mass is 209 g/mol. The molecule has 1 heterocycles. The predicted octanol–water partition coefficient (Wildman–Crippen LogP) is 1.56. The lowest BCUT2D eigenvalue weighted by atomic mass is 10.1. The van der Waals surface area contributed by atoms with Gasteiger partial charge in [0.25, 0.3) is 5.56 Å². The highest BCUT2D eigenvalue weighted by Gasteiger charge is 2.07. The first-order valence-corrected chi connectivity index (χ1v) is 5.32. The van der Waals surface area contributed by atoms with E-state index in [-0.39, 0.29) is 5.56 Å². The van der Waals surface area contributed by atoms with Gasteiger partial charge in [0.15, 0.2) is 0 Å². The lowest BCUT2D eigenvalue weighted by Crippen LogP contribution is -2.26. The summed E-state index contributed by atoms with van der Waals surface area (Å²) >= 11 is 0. The molecule has 0 spiro atoms. The first-order valence-electron chi connectivity index (χ1n) is 5.32. The van der Waals surface area contributed by atoms with Crippen LogP contribution in [-0.4, -0.2) is 23.6 Å². The zero-order chi connectivity index (χ0) is 11.4. The SMILES string of the molecule is CCC(C)CN(C)c1cc(=O)[nH]c(C)n1. The minimum atomic E-state index is -0.0894. The fourth-order valence-electron chi connectivity index (χ4n) is 1.45. The lowest BCUT2D eigenvalue weighted by molar-refractivity contribution is 0.557. The fraction of sp³-hybridized carbons (Fsp3) is 0.636. The molecule has 0 saturated heterocycles. The molecule has 1 rings (SSSR count). The molecule has 1 atom stereocenters. The van der Waals surface area contributed by atoms with E-state index in [0.29, 0.717) is 11.7 Å². The Morgan fingerprint density at radius 2 is 2.27 bits per heavy atom. The molecule has 0 aliphatic carbocycles. The van der Waals surface area contributed by atoms with E-state index in [1.807, 2.05) is 11.9 Å². The van der Waals surface area contributed by atoms with Crippen molar-refractivity contribution < 1.29 is 0 Å². The molecule has 0 bridgehead atoms. The Kier molecular flexibility index (Phi) is 3.88. The zero-order valence-electron chi connectivity index (χ0n) is 9.87. The van der Waals surface area contributed by atoms with E-state index in [0.717, 1.165) is 18.8 Å². The third-order valence-electron chi connectivity index (χ3n) is 2.52. The van der Waals surface area contributed by atoms with Crippen LogP contribution in [0.15, 0.2) is 10.9 Å². The van der Waals surface area contributed by atoms with Crippen LogP contribution in [0.1, 0.15) is 26.1 Å². The maximum absolute atomic E-state index is 11.2. The minimum absolute atomic E-state index is 0.0894. The molecular weight excluding hydrogens is 190 g/mol. The van der Waals surface area contributed by atoms with Gasteiger partial charge in [-0.25, -0.2) is 4.98 Å². The molecule has 1 N–H and O–H groups in total. The number of aromatic amines is 1. The molecule has 0 aliphatic heterocycles. The van der Waals surface area contributed by atoms with Gasteiger partial charge in [-0.1, -0.05) is 20.3 Å². The molecule has 1 aromatic rings. The van der Waals surface area contributed by atoms with E-state index in [9.17, 15) is 4.79 Å². The van der Waals surface area contributed by atoms with Crippen molar-refractivity contribution in [1.82, 2.24) is 9.97 Å². The fourth-order valence-corrected chi connectivity index (χ4v) is 1.45. The molecule has 0 amide bonds. The highest BCUT2D eigenvalue weighted by atomic mass is 16.1. The van der Waals surface area contributed by atoms with E-state index in [4.69, 9.17) is 0 Å².